The third kappa shape index (κ3) is 41.5. The summed E-state index contributed by atoms with van der Waals surface area (Å²) in [6.07, 6.45) is 48.8. The third-order valence-electron chi connectivity index (χ3n) is 9.28. The number of nitrogens with zero attached hydrogens (tertiary/aromatic N) is 1. The molecule has 0 radical (unpaired) electrons. The molecule has 0 aromatic rings. The molecule has 262 valence electrons. The van der Waals surface area contributed by atoms with Crippen molar-refractivity contribution in [1.82, 2.24) is 0 Å². The lowest BCUT2D eigenvalue weighted by Gasteiger charge is -2.05. The molecule has 0 aromatic heterocycles. The lowest BCUT2D eigenvalue weighted by Crippen LogP contribution is -1.88. The summed E-state index contributed by atoms with van der Waals surface area (Å²) in [5, 5.41) is 0. The molecular weight excluding hydrogens is 565 g/mol. The molecule has 0 rings (SSSR count). The van der Waals surface area contributed by atoms with Gasteiger partial charge < -0.3 is 9.79 Å². The third-order valence-corrected chi connectivity index (χ3v) is 10.2. The van der Waals surface area contributed by atoms with Gasteiger partial charge in [-0.25, -0.2) is 9.79 Å². The highest BCUT2D eigenvalue weighted by atomic mass is 31.2. The van der Waals surface area contributed by atoms with Crippen molar-refractivity contribution < 1.29 is 19.1 Å². The lowest BCUT2D eigenvalue weighted by atomic mass is 10.0. The summed E-state index contributed by atoms with van der Waals surface area (Å²) in [5.74, 6) is 0. The van der Waals surface area contributed by atoms with E-state index in [1.165, 1.54) is 199 Å². The molecule has 0 saturated heterocycles. The first-order chi connectivity index (χ1) is 21.6. The fraction of sp³-hybridized carbons (Fsp3) is 0.974. The van der Waals surface area contributed by atoms with Crippen LogP contribution < -0.4 is 0 Å². The highest BCUT2D eigenvalue weighted by Crippen LogP contribution is 2.35. The molecule has 6 heteroatoms. The van der Waals surface area contributed by atoms with Crippen LogP contribution in [0.15, 0.2) is 4.99 Å². The maximum absolute atomic E-state index is 10.8. The zero-order valence-electron chi connectivity index (χ0n) is 29.3. The van der Waals surface area contributed by atoms with Crippen molar-refractivity contribution in [2.75, 3.05) is 12.7 Å². The molecule has 0 fully saturated rings. The van der Waals surface area contributed by atoms with E-state index in [0.29, 0.717) is 13.0 Å². The quantitative estimate of drug-likeness (QED) is 0.0304. The van der Waals surface area contributed by atoms with Crippen molar-refractivity contribution in [3.05, 3.63) is 0 Å². The molecule has 0 unspecified atom stereocenters. The number of unbranched alkanes of at least 4 members (excludes halogenated alkanes) is 34. The van der Waals surface area contributed by atoms with Crippen molar-refractivity contribution in [3.63, 3.8) is 0 Å². The summed E-state index contributed by atoms with van der Waals surface area (Å²) < 4.78 is 10.8. The van der Waals surface area contributed by atoms with Crippen LogP contribution in [0.3, 0.4) is 0 Å². The van der Waals surface area contributed by atoms with Crippen LogP contribution in [0.2, 0.25) is 0 Å². The summed E-state index contributed by atoms with van der Waals surface area (Å²) in [5.41, 5.74) is 0. The van der Waals surface area contributed by atoms with Crippen molar-refractivity contribution in [2.45, 2.75) is 225 Å². The molecule has 0 heterocycles. The highest BCUT2D eigenvalue weighted by Gasteiger charge is 2.10. The van der Waals surface area contributed by atoms with E-state index >= 15 is 0 Å². The van der Waals surface area contributed by atoms with Crippen LogP contribution in [-0.2, 0) is 9.36 Å². The van der Waals surface area contributed by atoms with Gasteiger partial charge in [-0.05, 0) is 12.8 Å². The van der Waals surface area contributed by atoms with Gasteiger partial charge in [0.2, 0.25) is 6.08 Å². The van der Waals surface area contributed by atoms with E-state index in [1.54, 1.807) is 6.08 Å². The number of isocyanates is 1. The summed E-state index contributed by atoms with van der Waals surface area (Å²) in [7, 11) is -3.78. The molecule has 0 spiro atoms. The van der Waals surface area contributed by atoms with Crippen LogP contribution in [0, 0.1) is 0 Å². The van der Waals surface area contributed by atoms with Crippen molar-refractivity contribution >= 4 is 13.7 Å². The summed E-state index contributed by atoms with van der Waals surface area (Å²) in [6.45, 7) is 0.661. The average Bonchev–Trinajstić information content (AvgIpc) is 3.00. The van der Waals surface area contributed by atoms with Gasteiger partial charge in [0.25, 0.3) is 0 Å². The largest absolute Gasteiger partial charge is 0.325 e. The van der Waals surface area contributed by atoms with Crippen LogP contribution in [0.1, 0.15) is 225 Å². The van der Waals surface area contributed by atoms with Crippen LogP contribution in [0.25, 0.3) is 0 Å². The Bertz CT molecular complexity index is 647. The minimum atomic E-state index is -3.78. The second kappa shape index (κ2) is 37.0. The number of hydrogen-bond donors (Lipinski definition) is 2. The molecule has 0 saturated carbocycles. The topological polar surface area (TPSA) is 87.0 Å². The molecule has 0 atom stereocenters. The van der Waals surface area contributed by atoms with Crippen LogP contribution >= 0.6 is 7.60 Å². The normalized spacial score (nSPS) is 11.7. The Kier molecular flexibility index (Phi) is 36.6. The number of hydrogen-bond acceptors (Lipinski definition) is 3. The van der Waals surface area contributed by atoms with E-state index < -0.39 is 7.60 Å². The first kappa shape index (κ1) is 43.5. The van der Waals surface area contributed by atoms with Crippen LogP contribution in [0.5, 0.6) is 0 Å². The fourth-order valence-electron chi connectivity index (χ4n) is 6.39. The van der Waals surface area contributed by atoms with E-state index in [2.05, 4.69) is 4.99 Å². The summed E-state index contributed by atoms with van der Waals surface area (Å²) in [6, 6.07) is 0. The monoisotopic (exact) mass is 642 g/mol. The molecule has 44 heavy (non-hydrogen) atoms. The maximum atomic E-state index is 10.8. The summed E-state index contributed by atoms with van der Waals surface area (Å²) >= 11 is 0. The molecule has 0 bridgehead atoms. The van der Waals surface area contributed by atoms with Gasteiger partial charge in [-0.1, -0.05) is 212 Å². The Morgan fingerprint density at radius 1 is 0.341 bits per heavy atom. The molecule has 2 N–H and O–H groups in total. The standard InChI is InChI=1S/C38H76NO4P/c40-38-39-36-34-32-30-28-26-24-22-20-18-16-14-12-10-8-6-4-2-1-3-5-7-9-11-13-15-17-19-21-23-25-27-29-31-33-35-37-44(41,42)43/h1-37H2,(H2,41,42,43). The predicted molar refractivity (Wildman–Crippen MR) is 191 cm³/mol. The predicted octanol–water partition coefficient (Wildman–Crippen LogP) is 13.2. The van der Waals surface area contributed by atoms with E-state index in [9.17, 15) is 9.36 Å². The van der Waals surface area contributed by atoms with Gasteiger partial charge in [0, 0.05) is 6.16 Å². The molecular formula is C38H76NO4P. The molecule has 5 nitrogen and oxygen atoms in total. The zero-order chi connectivity index (χ0) is 32.1. The molecule has 0 aliphatic carbocycles. The minimum absolute atomic E-state index is 0.0574. The Morgan fingerprint density at radius 2 is 0.523 bits per heavy atom. The van der Waals surface area contributed by atoms with Crippen LogP contribution in [-0.4, -0.2) is 28.6 Å². The van der Waals surface area contributed by atoms with Gasteiger partial charge in [-0.2, -0.15) is 0 Å². The number of rotatable bonds is 38. The van der Waals surface area contributed by atoms with Crippen molar-refractivity contribution in [2.24, 2.45) is 4.99 Å². The number of aliphatic imine (C=N–C) groups is 1. The SMILES string of the molecule is O=C=NCCCCCCCCCCCCCCCCCCCCCCCCCCCCCCCCCCCCCP(=O)(O)O. The van der Waals surface area contributed by atoms with Crippen LogP contribution in [0.4, 0.5) is 0 Å². The average molecular weight is 642 g/mol. The second-order valence-corrected chi connectivity index (χ2v) is 15.5. The second-order valence-electron chi connectivity index (χ2n) is 13.7. The highest BCUT2D eigenvalue weighted by molar-refractivity contribution is 7.51. The Hall–Kier alpha value is -0.470. The number of carbonyl (C=O) groups excluding carboxylic acids is 1. The Balaban J connectivity index is 3.06. The van der Waals surface area contributed by atoms with Gasteiger partial charge in [0.05, 0.1) is 6.54 Å². The van der Waals surface area contributed by atoms with Gasteiger partial charge in [0.1, 0.15) is 0 Å². The smallest absolute Gasteiger partial charge is 0.324 e. The van der Waals surface area contributed by atoms with Crippen molar-refractivity contribution in [3.8, 4) is 0 Å². The lowest BCUT2D eigenvalue weighted by molar-refractivity contribution is 0.370. The molecule has 0 aromatic carbocycles. The van der Waals surface area contributed by atoms with Gasteiger partial charge >= 0.3 is 7.60 Å². The zero-order valence-corrected chi connectivity index (χ0v) is 30.2. The van der Waals surface area contributed by atoms with E-state index in [0.717, 1.165) is 19.3 Å². The maximum Gasteiger partial charge on any atom is 0.325 e. The molecule has 0 amide bonds. The molecule has 0 aliphatic heterocycles. The van der Waals surface area contributed by atoms with E-state index in [1.807, 2.05) is 0 Å². The van der Waals surface area contributed by atoms with Crippen molar-refractivity contribution in [1.29, 1.82) is 0 Å². The van der Waals surface area contributed by atoms with Gasteiger partial charge in [-0.3, -0.25) is 4.57 Å². The first-order valence-corrected chi connectivity index (χ1v) is 21.4. The molecule has 0 aliphatic rings. The van der Waals surface area contributed by atoms with E-state index in [-0.39, 0.29) is 6.16 Å². The van der Waals surface area contributed by atoms with Gasteiger partial charge in [-0.15, -0.1) is 0 Å². The Labute approximate surface area is 274 Å². The van der Waals surface area contributed by atoms with Gasteiger partial charge in [0.15, 0.2) is 0 Å². The fourth-order valence-corrected chi connectivity index (χ4v) is 7.02. The van der Waals surface area contributed by atoms with E-state index in [4.69, 9.17) is 9.79 Å². The first-order valence-electron chi connectivity index (χ1n) is 19.6. The Morgan fingerprint density at radius 3 is 0.705 bits per heavy atom. The minimum Gasteiger partial charge on any atom is -0.324 e. The summed E-state index contributed by atoms with van der Waals surface area (Å²) in [4.78, 5) is 31.3.